The van der Waals surface area contributed by atoms with Gasteiger partial charge in [0.15, 0.2) is 0 Å². The smallest absolute Gasteiger partial charge is 0.251 e. The zero-order chi connectivity index (χ0) is 14.4. The van der Waals surface area contributed by atoms with Crippen LogP contribution in [0.15, 0.2) is 23.1 Å². The molecule has 0 radical (unpaired) electrons. The summed E-state index contributed by atoms with van der Waals surface area (Å²) in [5, 5.41) is 2.48. The van der Waals surface area contributed by atoms with Gasteiger partial charge in [-0.1, -0.05) is 0 Å². The Morgan fingerprint density at radius 3 is 2.74 bits per heavy atom. The number of nitrogens with zero attached hydrogens (tertiary/aromatic N) is 2. The Labute approximate surface area is 111 Å². The fraction of sp³-hybridized carbons (Fsp3) is 0.417. The number of amides is 2. The SMILES string of the molecule is CNC(=O)CCN(C)C(=O)Cn1cc(N)ccc1=O. The quantitative estimate of drug-likeness (QED) is 0.716. The van der Waals surface area contributed by atoms with Gasteiger partial charge in [-0.15, -0.1) is 0 Å². The second-order valence-corrected chi connectivity index (χ2v) is 4.17. The van der Waals surface area contributed by atoms with Crippen molar-refractivity contribution in [3.63, 3.8) is 0 Å². The van der Waals surface area contributed by atoms with Crippen LogP contribution in [-0.4, -0.2) is 41.9 Å². The summed E-state index contributed by atoms with van der Waals surface area (Å²) >= 11 is 0. The lowest BCUT2D eigenvalue weighted by molar-refractivity contribution is -0.131. The first-order valence-corrected chi connectivity index (χ1v) is 5.84. The monoisotopic (exact) mass is 266 g/mol. The highest BCUT2D eigenvalue weighted by molar-refractivity contribution is 5.78. The molecule has 2 amide bonds. The lowest BCUT2D eigenvalue weighted by atomic mass is 10.3. The van der Waals surface area contributed by atoms with Gasteiger partial charge in [-0.3, -0.25) is 14.4 Å². The molecule has 0 saturated carbocycles. The molecule has 104 valence electrons. The van der Waals surface area contributed by atoms with Gasteiger partial charge in [-0.05, 0) is 6.07 Å². The van der Waals surface area contributed by atoms with E-state index >= 15 is 0 Å². The number of pyridine rings is 1. The minimum Gasteiger partial charge on any atom is -0.398 e. The number of nitrogens with one attached hydrogen (secondary N) is 1. The summed E-state index contributed by atoms with van der Waals surface area (Å²) in [6.07, 6.45) is 1.65. The van der Waals surface area contributed by atoms with Gasteiger partial charge in [-0.2, -0.15) is 0 Å². The number of carbonyl (C=O) groups is 2. The van der Waals surface area contributed by atoms with E-state index in [4.69, 9.17) is 5.73 Å². The molecule has 7 nitrogen and oxygen atoms in total. The summed E-state index contributed by atoms with van der Waals surface area (Å²) in [5.41, 5.74) is 5.69. The Hall–Kier alpha value is -2.31. The van der Waals surface area contributed by atoms with Gasteiger partial charge >= 0.3 is 0 Å². The summed E-state index contributed by atoms with van der Waals surface area (Å²) in [6, 6.07) is 2.80. The molecule has 0 spiro atoms. The molecule has 7 heteroatoms. The van der Waals surface area contributed by atoms with Crippen LogP contribution in [0.1, 0.15) is 6.42 Å². The molecule has 0 aliphatic heterocycles. The number of nitrogens with two attached hydrogens (primary N) is 1. The van der Waals surface area contributed by atoms with Crippen LogP contribution in [0.25, 0.3) is 0 Å². The minimum absolute atomic E-state index is 0.0892. The van der Waals surface area contributed by atoms with Crippen molar-refractivity contribution in [1.29, 1.82) is 0 Å². The van der Waals surface area contributed by atoms with Crippen molar-refractivity contribution in [3.8, 4) is 0 Å². The Balaban J connectivity index is 2.61. The lowest BCUT2D eigenvalue weighted by Gasteiger charge is -2.17. The number of likely N-dealkylation sites (N-methyl/N-ethyl adjacent to an activating group) is 1. The van der Waals surface area contributed by atoms with Gasteiger partial charge in [0.25, 0.3) is 5.56 Å². The highest BCUT2D eigenvalue weighted by Gasteiger charge is 2.11. The third kappa shape index (κ3) is 4.46. The van der Waals surface area contributed by atoms with E-state index in [-0.39, 0.29) is 30.3 Å². The van der Waals surface area contributed by atoms with Crippen LogP contribution >= 0.6 is 0 Å². The largest absolute Gasteiger partial charge is 0.398 e. The van der Waals surface area contributed by atoms with Crippen LogP contribution < -0.4 is 16.6 Å². The fourth-order valence-electron chi connectivity index (χ4n) is 1.46. The summed E-state index contributed by atoms with van der Waals surface area (Å²) in [6.45, 7) is 0.212. The second kappa shape index (κ2) is 6.58. The third-order valence-corrected chi connectivity index (χ3v) is 2.69. The molecule has 0 aromatic carbocycles. The van der Waals surface area contributed by atoms with Crippen LogP contribution in [0, 0.1) is 0 Å². The van der Waals surface area contributed by atoms with Crippen molar-refractivity contribution in [1.82, 2.24) is 14.8 Å². The van der Waals surface area contributed by atoms with Gasteiger partial charge in [0, 0.05) is 45.0 Å². The Bertz CT molecular complexity index is 524. The maximum absolute atomic E-state index is 11.9. The molecule has 1 rings (SSSR count). The van der Waals surface area contributed by atoms with E-state index in [2.05, 4.69) is 5.32 Å². The molecule has 0 saturated heterocycles. The minimum atomic E-state index is -0.290. The molecule has 0 fully saturated rings. The van der Waals surface area contributed by atoms with E-state index in [1.54, 1.807) is 7.05 Å². The van der Waals surface area contributed by atoms with Gasteiger partial charge in [0.1, 0.15) is 6.54 Å². The maximum atomic E-state index is 11.9. The van der Waals surface area contributed by atoms with Crippen LogP contribution in [0.3, 0.4) is 0 Å². The van der Waals surface area contributed by atoms with Gasteiger partial charge < -0.3 is 20.5 Å². The number of aromatic nitrogens is 1. The van der Waals surface area contributed by atoms with Crippen molar-refractivity contribution in [3.05, 3.63) is 28.7 Å². The summed E-state index contributed by atoms with van der Waals surface area (Å²) in [4.78, 5) is 35.9. The van der Waals surface area contributed by atoms with E-state index in [1.807, 2.05) is 0 Å². The van der Waals surface area contributed by atoms with Crippen molar-refractivity contribution < 1.29 is 9.59 Å². The number of nitrogen functional groups attached to an aromatic ring is 1. The standard InChI is InChI=1S/C12H18N4O3/c1-14-10(17)5-6-15(2)12(19)8-16-7-9(13)3-4-11(16)18/h3-4,7H,5-6,8,13H2,1-2H3,(H,14,17). The van der Waals surface area contributed by atoms with Gasteiger partial charge in [0.05, 0.1) is 0 Å². The molecule has 1 heterocycles. The lowest BCUT2D eigenvalue weighted by Crippen LogP contribution is -2.35. The number of carbonyl (C=O) groups excluding carboxylic acids is 2. The molecule has 3 N–H and O–H groups in total. The normalized spacial score (nSPS) is 10.0. The number of rotatable bonds is 5. The number of hydrogen-bond donors (Lipinski definition) is 2. The van der Waals surface area contributed by atoms with Gasteiger partial charge in [0.2, 0.25) is 11.8 Å². The first-order valence-electron chi connectivity index (χ1n) is 5.84. The molecule has 0 unspecified atom stereocenters. The van der Waals surface area contributed by atoms with Crippen LogP contribution in [0.4, 0.5) is 5.69 Å². The van der Waals surface area contributed by atoms with Crippen molar-refractivity contribution in [2.75, 3.05) is 26.4 Å². The van der Waals surface area contributed by atoms with Crippen molar-refractivity contribution >= 4 is 17.5 Å². The predicted molar refractivity (Wildman–Crippen MR) is 71.4 cm³/mol. The summed E-state index contributed by atoms with van der Waals surface area (Å²) in [7, 11) is 3.12. The van der Waals surface area contributed by atoms with Crippen LogP contribution in [0.5, 0.6) is 0 Å². The Morgan fingerprint density at radius 2 is 2.11 bits per heavy atom. The van der Waals surface area contributed by atoms with Crippen molar-refractivity contribution in [2.45, 2.75) is 13.0 Å². The molecule has 0 atom stereocenters. The van der Waals surface area contributed by atoms with E-state index < -0.39 is 0 Å². The molecular weight excluding hydrogens is 248 g/mol. The molecule has 1 aromatic heterocycles. The molecule has 0 aliphatic rings. The molecule has 1 aromatic rings. The topological polar surface area (TPSA) is 97.4 Å². The highest BCUT2D eigenvalue weighted by Crippen LogP contribution is 1.97. The third-order valence-electron chi connectivity index (χ3n) is 2.69. The maximum Gasteiger partial charge on any atom is 0.251 e. The van der Waals surface area contributed by atoms with E-state index in [0.29, 0.717) is 12.2 Å². The Kier molecular flexibility index (Phi) is 5.11. The summed E-state index contributed by atoms with van der Waals surface area (Å²) < 4.78 is 1.24. The Morgan fingerprint density at radius 1 is 1.42 bits per heavy atom. The molecule has 19 heavy (non-hydrogen) atoms. The predicted octanol–water partition coefficient (Wildman–Crippen LogP) is -0.975. The van der Waals surface area contributed by atoms with Crippen LogP contribution in [0.2, 0.25) is 0 Å². The van der Waals surface area contributed by atoms with E-state index in [9.17, 15) is 14.4 Å². The first kappa shape index (κ1) is 14.7. The number of hydrogen-bond acceptors (Lipinski definition) is 4. The first-order chi connectivity index (χ1) is 8.93. The second-order valence-electron chi connectivity index (χ2n) is 4.17. The van der Waals surface area contributed by atoms with E-state index in [0.717, 1.165) is 0 Å². The van der Waals surface area contributed by atoms with E-state index in [1.165, 1.54) is 34.8 Å². The molecular formula is C12H18N4O3. The number of anilines is 1. The van der Waals surface area contributed by atoms with Gasteiger partial charge in [-0.25, -0.2) is 0 Å². The van der Waals surface area contributed by atoms with Crippen LogP contribution in [-0.2, 0) is 16.1 Å². The average Bonchev–Trinajstić information content (AvgIpc) is 2.39. The summed E-state index contributed by atoms with van der Waals surface area (Å²) in [5.74, 6) is -0.391. The molecule has 0 aliphatic carbocycles. The molecule has 0 bridgehead atoms. The fourth-order valence-corrected chi connectivity index (χ4v) is 1.46. The average molecular weight is 266 g/mol. The zero-order valence-corrected chi connectivity index (χ0v) is 11.0. The highest BCUT2D eigenvalue weighted by atomic mass is 16.2. The zero-order valence-electron chi connectivity index (χ0n) is 11.0. The van der Waals surface area contributed by atoms with Crippen molar-refractivity contribution in [2.24, 2.45) is 0 Å².